The molecular weight excluding hydrogens is 491 g/mol. The maximum Gasteiger partial charge on any atom is 0.469 e. The fourth-order valence-corrected chi connectivity index (χ4v) is 3.18. The van der Waals surface area contributed by atoms with Gasteiger partial charge in [0.25, 0.3) is 0 Å². The second-order valence-corrected chi connectivity index (χ2v) is 9.32. The molecule has 0 aliphatic carbocycles. The predicted octanol–water partition coefficient (Wildman–Crippen LogP) is 3.66. The number of allylic oxidation sites excluding steroid dienone is 6. The Morgan fingerprint density at radius 2 is 1.47 bits per heavy atom. The molecule has 0 unspecified atom stereocenters. The van der Waals surface area contributed by atoms with Crippen LogP contribution in [0.25, 0.3) is 0 Å². The molecule has 0 rings (SSSR count). The Balaban J connectivity index is 4.09. The lowest BCUT2D eigenvalue weighted by atomic mass is 10.1. The second-order valence-electron chi connectivity index (χ2n) is 8.09. The Morgan fingerprint density at radius 3 is 2.00 bits per heavy atom. The first-order chi connectivity index (χ1) is 17.0. The highest BCUT2D eigenvalue weighted by Crippen LogP contribution is 2.35. The van der Waals surface area contributed by atoms with Gasteiger partial charge in [-0.25, -0.2) is 4.57 Å². The molecule has 0 aromatic carbocycles. The number of unbranched alkanes of at least 4 members (excludes halogenated alkanes) is 2. The van der Waals surface area contributed by atoms with Crippen LogP contribution in [0.15, 0.2) is 48.6 Å². The summed E-state index contributed by atoms with van der Waals surface area (Å²) in [6.07, 6.45) is 17.7. The van der Waals surface area contributed by atoms with Crippen molar-refractivity contribution in [2.24, 2.45) is 0 Å². The fourth-order valence-electron chi connectivity index (χ4n) is 2.82. The maximum atomic E-state index is 11.8. The molecule has 0 saturated heterocycles. The number of hydrogen-bond donors (Lipinski definition) is 4. The zero-order chi connectivity index (χ0) is 27.2. The van der Waals surface area contributed by atoms with Gasteiger partial charge in [-0.15, -0.1) is 0 Å². The molecule has 0 radical (unpaired) electrons. The van der Waals surface area contributed by atoms with Crippen LogP contribution in [0.5, 0.6) is 0 Å². The summed E-state index contributed by atoms with van der Waals surface area (Å²) in [5.74, 6) is -1.32. The molecular formula is C25H41O10P. The predicted molar refractivity (Wildman–Crippen MR) is 136 cm³/mol. The lowest BCUT2D eigenvalue weighted by Gasteiger charge is -2.17. The van der Waals surface area contributed by atoms with Gasteiger partial charge in [0.05, 0.1) is 18.8 Å². The van der Waals surface area contributed by atoms with Crippen LogP contribution in [0.4, 0.5) is 0 Å². The first-order valence-electron chi connectivity index (χ1n) is 12.1. The zero-order valence-electron chi connectivity index (χ0n) is 21.1. The summed E-state index contributed by atoms with van der Waals surface area (Å²) >= 11 is 0. The van der Waals surface area contributed by atoms with Crippen LogP contribution in [-0.2, 0) is 28.2 Å². The van der Waals surface area contributed by atoms with E-state index in [4.69, 9.17) is 19.3 Å². The third kappa shape index (κ3) is 23.7. The minimum absolute atomic E-state index is 0.0124. The Bertz CT molecular complexity index is 769. The van der Waals surface area contributed by atoms with Gasteiger partial charge in [0.2, 0.25) is 0 Å². The number of hydrogen-bond acceptors (Lipinski definition) is 8. The topological polar surface area (TPSA) is 160 Å². The monoisotopic (exact) mass is 532 g/mol. The molecule has 0 fully saturated rings. The average molecular weight is 533 g/mol. The van der Waals surface area contributed by atoms with E-state index in [-0.39, 0.29) is 6.42 Å². The Kier molecular flexibility index (Phi) is 19.8. The van der Waals surface area contributed by atoms with Crippen LogP contribution < -0.4 is 0 Å². The molecule has 10 nitrogen and oxygen atoms in total. The summed E-state index contributed by atoms with van der Waals surface area (Å²) < 4.78 is 24.8. The number of rotatable bonds is 20. The number of aliphatic hydroxyl groups is 2. The van der Waals surface area contributed by atoms with Crippen LogP contribution >= 0.6 is 7.82 Å². The molecule has 11 heteroatoms. The summed E-state index contributed by atoms with van der Waals surface area (Å²) in [6.45, 7) is 2.20. The molecule has 4 N–H and O–H groups in total. The van der Waals surface area contributed by atoms with Crippen molar-refractivity contribution in [3.05, 3.63) is 48.6 Å². The minimum atomic E-state index is -4.75. The summed E-state index contributed by atoms with van der Waals surface area (Å²) in [7, 11) is -4.75. The van der Waals surface area contributed by atoms with E-state index in [1.165, 1.54) is 0 Å². The first kappa shape index (κ1) is 33.9. The van der Waals surface area contributed by atoms with Gasteiger partial charge in [-0.3, -0.25) is 14.1 Å². The van der Waals surface area contributed by atoms with Gasteiger partial charge in [-0.1, -0.05) is 74.8 Å². The number of phosphoric acid groups is 1. The number of aliphatic hydroxyl groups excluding tert-OH is 2. The quantitative estimate of drug-likeness (QED) is 0.0788. The second kappa shape index (κ2) is 21.1. The lowest BCUT2D eigenvalue weighted by Crippen LogP contribution is -2.28. The van der Waals surface area contributed by atoms with Crippen molar-refractivity contribution in [2.75, 3.05) is 13.2 Å². The summed E-state index contributed by atoms with van der Waals surface area (Å²) in [5, 5.41) is 19.7. The third-order valence-electron chi connectivity index (χ3n) is 4.61. The molecule has 206 valence electrons. The smallest absolute Gasteiger partial charge is 0.462 e. The van der Waals surface area contributed by atoms with Gasteiger partial charge < -0.3 is 29.5 Å². The molecule has 0 aliphatic rings. The molecule has 3 atom stereocenters. The number of carbonyl (C=O) groups is 2. The number of esters is 2. The van der Waals surface area contributed by atoms with Gasteiger partial charge in [0.15, 0.2) is 6.10 Å². The van der Waals surface area contributed by atoms with Crippen LogP contribution in [0, 0.1) is 0 Å². The van der Waals surface area contributed by atoms with E-state index < -0.39 is 51.3 Å². The number of carbonyl (C=O) groups excluding carboxylic acids is 2. The van der Waals surface area contributed by atoms with E-state index in [9.17, 15) is 24.4 Å². The van der Waals surface area contributed by atoms with E-state index in [1.807, 2.05) is 24.3 Å². The van der Waals surface area contributed by atoms with E-state index in [2.05, 4.69) is 11.4 Å². The normalized spacial score (nSPS) is 15.2. The molecule has 0 aromatic heterocycles. The molecule has 0 amide bonds. The van der Waals surface area contributed by atoms with Crippen molar-refractivity contribution in [1.29, 1.82) is 0 Å². The van der Waals surface area contributed by atoms with E-state index in [0.29, 0.717) is 19.3 Å². The van der Waals surface area contributed by atoms with Crippen LogP contribution in [-0.4, -0.2) is 63.5 Å². The molecule has 0 spiro atoms. The van der Waals surface area contributed by atoms with E-state index >= 15 is 0 Å². The highest BCUT2D eigenvalue weighted by Gasteiger charge is 2.21. The highest BCUT2D eigenvalue weighted by molar-refractivity contribution is 7.46. The fraction of sp³-hybridized carbons (Fsp3) is 0.600. The van der Waals surface area contributed by atoms with E-state index in [1.54, 1.807) is 24.3 Å². The van der Waals surface area contributed by atoms with Gasteiger partial charge in [0.1, 0.15) is 6.61 Å². The standard InChI is InChI=1S/C25H41O10P/c1-3-4-10-14-22(27)15-11-8-6-5-7-9-12-16-23(28)17-13-18-25(29)33-19-24(35-21(2)26)20-34-36(30,31)32/h6-9,11-12,15-16,22-24,27-28H,3-5,10,13-14,17-20H2,1-2H3,(H2,30,31,32)/b8-6-,9-7-,15-11+,16-12+/t22-,23-,24+/m0/s1. The lowest BCUT2D eigenvalue weighted by molar-refractivity contribution is -0.159. The molecule has 36 heavy (non-hydrogen) atoms. The SMILES string of the molecule is CCCCC[C@H](O)/C=C/C=C\C/C=C\C=C\[C@H](O)CCCC(=O)OC[C@H](COP(=O)(O)O)OC(C)=O. The van der Waals surface area contributed by atoms with Crippen LogP contribution in [0.3, 0.4) is 0 Å². The van der Waals surface area contributed by atoms with Gasteiger partial charge in [0, 0.05) is 13.3 Å². The molecule has 0 saturated carbocycles. The molecule has 0 bridgehead atoms. The van der Waals surface area contributed by atoms with Crippen molar-refractivity contribution >= 4 is 19.8 Å². The van der Waals surface area contributed by atoms with Crippen molar-refractivity contribution in [1.82, 2.24) is 0 Å². The number of phosphoric ester groups is 1. The number of ether oxygens (including phenoxy) is 2. The molecule has 0 aromatic rings. The summed E-state index contributed by atoms with van der Waals surface area (Å²) in [5.41, 5.74) is 0. The van der Waals surface area contributed by atoms with Crippen molar-refractivity contribution < 1.29 is 48.2 Å². The largest absolute Gasteiger partial charge is 0.469 e. The summed E-state index contributed by atoms with van der Waals surface area (Å²) in [4.78, 5) is 40.3. The molecule has 0 heterocycles. The highest BCUT2D eigenvalue weighted by atomic mass is 31.2. The van der Waals surface area contributed by atoms with Gasteiger partial charge in [-0.05, 0) is 25.7 Å². The van der Waals surface area contributed by atoms with Gasteiger partial charge in [-0.2, -0.15) is 0 Å². The first-order valence-corrected chi connectivity index (χ1v) is 13.6. The maximum absolute atomic E-state index is 11.8. The molecule has 0 aliphatic heterocycles. The van der Waals surface area contributed by atoms with Crippen molar-refractivity contribution in [2.45, 2.75) is 83.5 Å². The third-order valence-corrected chi connectivity index (χ3v) is 5.09. The minimum Gasteiger partial charge on any atom is -0.462 e. The average Bonchev–Trinajstić information content (AvgIpc) is 2.79. The van der Waals surface area contributed by atoms with Gasteiger partial charge >= 0.3 is 19.8 Å². The Hall–Kier alpha value is -2.07. The Labute approximate surface area is 213 Å². The van der Waals surface area contributed by atoms with Crippen LogP contribution in [0.2, 0.25) is 0 Å². The van der Waals surface area contributed by atoms with E-state index in [0.717, 1.165) is 32.6 Å². The van der Waals surface area contributed by atoms with Crippen LogP contribution in [0.1, 0.15) is 65.2 Å². The Morgan fingerprint density at radius 1 is 0.889 bits per heavy atom. The summed E-state index contributed by atoms with van der Waals surface area (Å²) in [6, 6.07) is 0. The zero-order valence-corrected chi connectivity index (χ0v) is 22.0. The van der Waals surface area contributed by atoms with Crippen molar-refractivity contribution in [3.63, 3.8) is 0 Å². The van der Waals surface area contributed by atoms with Crippen molar-refractivity contribution in [3.8, 4) is 0 Å².